The van der Waals surface area contributed by atoms with E-state index >= 15 is 0 Å². The van der Waals surface area contributed by atoms with Gasteiger partial charge in [0.25, 0.3) is 5.91 Å². The maximum absolute atomic E-state index is 12.4. The van der Waals surface area contributed by atoms with Crippen molar-refractivity contribution >= 4 is 35.2 Å². The molecule has 3 heterocycles. The first kappa shape index (κ1) is 14.5. The predicted octanol–water partition coefficient (Wildman–Crippen LogP) is 0.104. The SMILES string of the molecule is NC(=O)OCc1cc2c(s1)C(=O)N(C1CCC(=O)NC1=O)C2. The lowest BCUT2D eigenvalue weighted by Gasteiger charge is -2.29. The molecule has 4 amide bonds. The smallest absolute Gasteiger partial charge is 0.404 e. The highest BCUT2D eigenvalue weighted by atomic mass is 32.1. The highest BCUT2D eigenvalue weighted by Crippen LogP contribution is 2.33. The average molecular weight is 323 g/mol. The third-order valence-corrected chi connectivity index (χ3v) is 4.74. The van der Waals surface area contributed by atoms with Crippen molar-refractivity contribution < 1.29 is 23.9 Å². The highest BCUT2D eigenvalue weighted by molar-refractivity contribution is 7.14. The number of rotatable bonds is 3. The molecule has 1 unspecified atom stereocenters. The molecule has 9 heteroatoms. The highest BCUT2D eigenvalue weighted by Gasteiger charge is 2.40. The largest absolute Gasteiger partial charge is 0.444 e. The molecule has 116 valence electrons. The van der Waals surface area contributed by atoms with Gasteiger partial charge in [-0.25, -0.2) is 4.79 Å². The third kappa shape index (κ3) is 2.54. The van der Waals surface area contributed by atoms with Gasteiger partial charge in [-0.15, -0.1) is 11.3 Å². The van der Waals surface area contributed by atoms with E-state index in [1.165, 1.54) is 16.2 Å². The van der Waals surface area contributed by atoms with Crippen LogP contribution in [-0.2, 0) is 27.5 Å². The number of ether oxygens (including phenoxy) is 1. The topological polar surface area (TPSA) is 119 Å². The second-order valence-corrected chi connectivity index (χ2v) is 6.21. The number of hydrogen-bond acceptors (Lipinski definition) is 6. The summed E-state index contributed by atoms with van der Waals surface area (Å²) in [7, 11) is 0. The number of fused-ring (bicyclic) bond motifs is 1. The fourth-order valence-electron chi connectivity index (χ4n) is 2.61. The Morgan fingerprint density at radius 1 is 1.45 bits per heavy atom. The van der Waals surface area contributed by atoms with Crippen LogP contribution in [0.25, 0.3) is 0 Å². The van der Waals surface area contributed by atoms with Gasteiger partial charge < -0.3 is 15.4 Å². The zero-order chi connectivity index (χ0) is 15.9. The van der Waals surface area contributed by atoms with Crippen LogP contribution < -0.4 is 11.1 Å². The number of carbonyl (C=O) groups is 4. The lowest BCUT2D eigenvalue weighted by atomic mass is 10.0. The summed E-state index contributed by atoms with van der Waals surface area (Å²) >= 11 is 1.22. The molecule has 1 atom stereocenters. The van der Waals surface area contributed by atoms with Gasteiger partial charge in [-0.1, -0.05) is 0 Å². The summed E-state index contributed by atoms with van der Waals surface area (Å²) in [5.41, 5.74) is 5.70. The summed E-state index contributed by atoms with van der Waals surface area (Å²) in [6.45, 7) is 0.339. The molecule has 0 aliphatic carbocycles. The van der Waals surface area contributed by atoms with Crippen molar-refractivity contribution in [1.29, 1.82) is 0 Å². The van der Waals surface area contributed by atoms with Crippen LogP contribution in [0.3, 0.4) is 0 Å². The second-order valence-electron chi connectivity index (χ2n) is 5.07. The number of nitrogens with one attached hydrogen (secondary N) is 1. The van der Waals surface area contributed by atoms with E-state index in [9.17, 15) is 19.2 Å². The number of carbonyl (C=O) groups excluding carboxylic acids is 4. The van der Waals surface area contributed by atoms with Crippen LogP contribution in [0.4, 0.5) is 4.79 Å². The Balaban J connectivity index is 1.72. The zero-order valence-corrected chi connectivity index (χ0v) is 12.3. The molecule has 1 aromatic heterocycles. The van der Waals surface area contributed by atoms with Gasteiger partial charge in [0, 0.05) is 17.8 Å². The fourth-order valence-corrected chi connectivity index (χ4v) is 3.66. The van der Waals surface area contributed by atoms with Crippen LogP contribution in [0.5, 0.6) is 0 Å². The van der Waals surface area contributed by atoms with E-state index in [4.69, 9.17) is 10.5 Å². The van der Waals surface area contributed by atoms with Crippen LogP contribution in [-0.4, -0.2) is 34.8 Å². The number of amides is 4. The van der Waals surface area contributed by atoms with Crippen LogP contribution >= 0.6 is 11.3 Å². The van der Waals surface area contributed by atoms with E-state index in [1.807, 2.05) is 0 Å². The molecule has 0 bridgehead atoms. The Kier molecular flexibility index (Phi) is 3.57. The van der Waals surface area contributed by atoms with Crippen molar-refractivity contribution in [2.24, 2.45) is 5.73 Å². The monoisotopic (exact) mass is 323 g/mol. The molecule has 0 spiro atoms. The molecule has 1 aromatic rings. The lowest BCUT2D eigenvalue weighted by Crippen LogP contribution is -2.52. The molecule has 1 fully saturated rings. The zero-order valence-electron chi connectivity index (χ0n) is 11.5. The second kappa shape index (κ2) is 5.41. The Morgan fingerprint density at radius 2 is 2.23 bits per heavy atom. The standard InChI is InChI=1S/C13H13N3O5S/c14-13(20)21-5-7-3-6-4-16(12(19)10(6)22-7)8-1-2-9(17)15-11(8)18/h3,8H,1-2,4-5H2,(H2,14,20)(H,15,17,18). The Hall–Kier alpha value is -2.42. The van der Waals surface area contributed by atoms with Gasteiger partial charge in [-0.2, -0.15) is 0 Å². The Labute approximate surface area is 129 Å². The fraction of sp³-hybridized carbons (Fsp3) is 0.385. The van der Waals surface area contributed by atoms with Crippen LogP contribution in [0.15, 0.2) is 6.07 Å². The van der Waals surface area contributed by atoms with E-state index in [0.717, 1.165) is 10.4 Å². The minimum Gasteiger partial charge on any atom is -0.444 e. The molecular weight excluding hydrogens is 310 g/mol. The number of nitrogens with two attached hydrogens (primary N) is 1. The first-order chi connectivity index (χ1) is 10.5. The van der Waals surface area contributed by atoms with Crippen molar-refractivity contribution in [3.8, 4) is 0 Å². The Morgan fingerprint density at radius 3 is 2.86 bits per heavy atom. The summed E-state index contributed by atoms with van der Waals surface area (Å²) < 4.78 is 4.69. The first-order valence-electron chi connectivity index (χ1n) is 6.64. The van der Waals surface area contributed by atoms with E-state index in [2.05, 4.69) is 5.32 Å². The normalized spacial score (nSPS) is 20.8. The van der Waals surface area contributed by atoms with Gasteiger partial charge in [-0.05, 0) is 18.1 Å². The lowest BCUT2D eigenvalue weighted by molar-refractivity contribution is -0.136. The number of piperidine rings is 1. The molecule has 22 heavy (non-hydrogen) atoms. The van der Waals surface area contributed by atoms with Crippen molar-refractivity contribution in [2.45, 2.75) is 32.0 Å². The molecule has 0 saturated carbocycles. The molecule has 3 N–H and O–H groups in total. The summed E-state index contributed by atoms with van der Waals surface area (Å²) in [5.74, 6) is -0.981. The van der Waals surface area contributed by atoms with Gasteiger partial charge in [0.1, 0.15) is 12.6 Å². The first-order valence-corrected chi connectivity index (χ1v) is 7.46. The van der Waals surface area contributed by atoms with E-state index in [1.54, 1.807) is 6.07 Å². The van der Waals surface area contributed by atoms with Crippen molar-refractivity contribution in [3.63, 3.8) is 0 Å². The summed E-state index contributed by atoms with van der Waals surface area (Å²) in [4.78, 5) is 48.8. The molecule has 1 saturated heterocycles. The summed E-state index contributed by atoms with van der Waals surface area (Å²) in [6, 6.07) is 1.15. The molecule has 3 rings (SSSR count). The summed E-state index contributed by atoms with van der Waals surface area (Å²) in [5, 5.41) is 2.25. The van der Waals surface area contributed by atoms with Gasteiger partial charge in [0.15, 0.2) is 0 Å². The molecule has 0 aromatic carbocycles. The van der Waals surface area contributed by atoms with Crippen molar-refractivity contribution in [1.82, 2.24) is 10.2 Å². The molecule has 2 aliphatic rings. The van der Waals surface area contributed by atoms with Gasteiger partial charge in [-0.3, -0.25) is 19.7 Å². The van der Waals surface area contributed by atoms with Gasteiger partial charge >= 0.3 is 6.09 Å². The van der Waals surface area contributed by atoms with Crippen LogP contribution in [0, 0.1) is 0 Å². The van der Waals surface area contributed by atoms with E-state index in [-0.39, 0.29) is 24.8 Å². The maximum atomic E-state index is 12.4. The molecule has 8 nitrogen and oxygen atoms in total. The van der Waals surface area contributed by atoms with Crippen molar-refractivity contribution in [3.05, 3.63) is 21.4 Å². The maximum Gasteiger partial charge on any atom is 0.404 e. The number of hydrogen-bond donors (Lipinski definition) is 2. The average Bonchev–Trinajstić information content (AvgIpc) is 2.97. The number of imide groups is 1. The van der Waals surface area contributed by atoms with Crippen LogP contribution in [0.1, 0.15) is 33.0 Å². The molecule has 2 aliphatic heterocycles. The number of thiophene rings is 1. The Bertz CT molecular complexity index is 683. The van der Waals surface area contributed by atoms with Gasteiger partial charge in [0.2, 0.25) is 11.8 Å². The number of primary amides is 1. The van der Waals surface area contributed by atoms with Crippen molar-refractivity contribution in [2.75, 3.05) is 0 Å². The molecular formula is C13H13N3O5S. The molecule has 0 radical (unpaired) electrons. The quantitative estimate of drug-likeness (QED) is 0.765. The minimum absolute atomic E-state index is 0.0265. The van der Waals surface area contributed by atoms with Gasteiger partial charge in [0.05, 0.1) is 4.88 Å². The van der Waals surface area contributed by atoms with E-state index < -0.39 is 18.0 Å². The van der Waals surface area contributed by atoms with Crippen LogP contribution in [0.2, 0.25) is 0 Å². The third-order valence-electron chi connectivity index (χ3n) is 3.60. The minimum atomic E-state index is -0.870. The predicted molar refractivity (Wildman–Crippen MR) is 74.7 cm³/mol. The van der Waals surface area contributed by atoms with E-state index in [0.29, 0.717) is 17.8 Å². The number of nitrogens with zero attached hydrogens (tertiary/aromatic N) is 1. The summed E-state index contributed by atoms with van der Waals surface area (Å²) in [6.07, 6.45) is -0.306.